The molecular weight excluding hydrogens is 274 g/mol. The first-order chi connectivity index (χ1) is 9.19. The van der Waals surface area contributed by atoms with Crippen molar-refractivity contribution in [2.75, 3.05) is 25.4 Å². The maximum Gasteiger partial charge on any atom is 0.0894 e. The molecule has 2 rings (SSSR count). The van der Waals surface area contributed by atoms with E-state index in [0.29, 0.717) is 0 Å². The summed E-state index contributed by atoms with van der Waals surface area (Å²) in [5.41, 5.74) is 0. The van der Waals surface area contributed by atoms with Gasteiger partial charge in [0.25, 0.3) is 0 Å². The van der Waals surface area contributed by atoms with Crippen LogP contribution in [-0.2, 0) is 0 Å². The Kier molecular flexibility index (Phi) is 6.20. The van der Waals surface area contributed by atoms with Gasteiger partial charge in [-0.15, -0.1) is 23.1 Å². The molecule has 1 fully saturated rings. The number of nitrogens with zero attached hydrogens (tertiary/aromatic N) is 1. The number of likely N-dealkylation sites (tertiary alicyclic amines) is 1. The zero-order valence-corrected chi connectivity index (χ0v) is 13.6. The molecule has 1 N–H and O–H groups in total. The first-order valence-electron chi connectivity index (χ1n) is 7.32. The summed E-state index contributed by atoms with van der Waals surface area (Å²) < 4.78 is 1.32. The molecule has 4 heteroatoms. The largest absolute Gasteiger partial charge is 0.388 e. The van der Waals surface area contributed by atoms with E-state index < -0.39 is 0 Å². The van der Waals surface area contributed by atoms with Gasteiger partial charge in [0, 0.05) is 11.4 Å². The quantitative estimate of drug-likeness (QED) is 0.803. The van der Waals surface area contributed by atoms with Crippen molar-refractivity contribution in [1.82, 2.24) is 4.90 Å². The van der Waals surface area contributed by atoms with Crippen molar-refractivity contribution in [1.29, 1.82) is 0 Å². The summed E-state index contributed by atoms with van der Waals surface area (Å²) in [6, 6.07) is 4.23. The van der Waals surface area contributed by atoms with Gasteiger partial charge >= 0.3 is 0 Å². The van der Waals surface area contributed by atoms with Crippen LogP contribution >= 0.6 is 23.1 Å². The molecule has 1 aliphatic heterocycles. The van der Waals surface area contributed by atoms with E-state index in [1.165, 1.54) is 30.1 Å². The lowest BCUT2D eigenvalue weighted by Gasteiger charge is -2.30. The number of hydrogen-bond donors (Lipinski definition) is 1. The Balaban J connectivity index is 1.75. The summed E-state index contributed by atoms with van der Waals surface area (Å²) in [4.78, 5) is 3.62. The molecule has 1 saturated heterocycles. The van der Waals surface area contributed by atoms with Gasteiger partial charge in [-0.1, -0.05) is 13.8 Å². The fourth-order valence-electron chi connectivity index (χ4n) is 2.47. The van der Waals surface area contributed by atoms with Crippen LogP contribution in [0.5, 0.6) is 0 Å². The van der Waals surface area contributed by atoms with Gasteiger partial charge in [0.1, 0.15) is 0 Å². The maximum absolute atomic E-state index is 10.3. The predicted molar refractivity (Wildman–Crippen MR) is 85.1 cm³/mol. The van der Waals surface area contributed by atoms with E-state index in [1.54, 1.807) is 11.3 Å². The summed E-state index contributed by atoms with van der Waals surface area (Å²) in [5.74, 6) is 1.98. The second kappa shape index (κ2) is 7.67. The zero-order chi connectivity index (χ0) is 13.7. The van der Waals surface area contributed by atoms with Gasteiger partial charge < -0.3 is 10.0 Å². The molecule has 0 saturated carbocycles. The van der Waals surface area contributed by atoms with E-state index in [9.17, 15) is 5.11 Å². The van der Waals surface area contributed by atoms with Crippen molar-refractivity contribution < 1.29 is 5.11 Å². The van der Waals surface area contributed by atoms with Crippen LogP contribution in [0, 0.1) is 5.92 Å². The number of thioether (sulfide) groups is 1. The highest BCUT2D eigenvalue weighted by Crippen LogP contribution is 2.32. The molecule has 19 heavy (non-hydrogen) atoms. The van der Waals surface area contributed by atoms with Crippen LogP contribution < -0.4 is 0 Å². The van der Waals surface area contributed by atoms with Crippen LogP contribution in [0.25, 0.3) is 0 Å². The lowest BCUT2D eigenvalue weighted by molar-refractivity contribution is 0.127. The number of aliphatic hydroxyl groups excluding tert-OH is 1. The van der Waals surface area contributed by atoms with Crippen LogP contribution in [0.2, 0.25) is 0 Å². The molecule has 2 nitrogen and oxygen atoms in total. The smallest absolute Gasteiger partial charge is 0.0894 e. The van der Waals surface area contributed by atoms with Crippen LogP contribution in [0.15, 0.2) is 16.3 Å². The minimum Gasteiger partial charge on any atom is -0.388 e. The second-order valence-corrected chi connectivity index (χ2v) is 8.10. The van der Waals surface area contributed by atoms with Crippen molar-refractivity contribution in [2.45, 2.75) is 43.4 Å². The average Bonchev–Trinajstić information content (AvgIpc) is 2.87. The molecule has 0 aromatic carbocycles. The number of thiophene rings is 1. The zero-order valence-electron chi connectivity index (χ0n) is 12.0. The molecule has 108 valence electrons. The molecule has 1 atom stereocenters. The fourth-order valence-corrected chi connectivity index (χ4v) is 4.55. The van der Waals surface area contributed by atoms with Gasteiger partial charge in [-0.25, -0.2) is 0 Å². The summed E-state index contributed by atoms with van der Waals surface area (Å²) >= 11 is 3.60. The molecule has 0 aliphatic carbocycles. The summed E-state index contributed by atoms with van der Waals surface area (Å²) in [7, 11) is 0. The number of rotatable bonds is 6. The third-order valence-electron chi connectivity index (χ3n) is 3.81. The highest BCUT2D eigenvalue weighted by molar-refractivity contribution is 8.01. The minimum atomic E-state index is -0.282. The molecule has 1 aromatic heterocycles. The van der Waals surface area contributed by atoms with E-state index in [2.05, 4.69) is 30.9 Å². The first-order valence-corrected chi connectivity index (χ1v) is 9.12. The Bertz CT molecular complexity index is 372. The molecule has 1 unspecified atom stereocenters. The molecular formula is C15H25NOS2. The highest BCUT2D eigenvalue weighted by atomic mass is 32.2. The van der Waals surface area contributed by atoms with Crippen molar-refractivity contribution in [3.63, 3.8) is 0 Å². The lowest BCUT2D eigenvalue weighted by Crippen LogP contribution is -2.34. The van der Waals surface area contributed by atoms with Crippen molar-refractivity contribution in [3.05, 3.63) is 17.0 Å². The summed E-state index contributed by atoms with van der Waals surface area (Å²) in [6.45, 7) is 7.94. The standard InChI is InChI=1S/C15H25NOS2/c1-3-18-15-5-4-14(19-15)13(17)8-11-16-9-6-12(2)7-10-16/h4-5,12-13,17H,3,6-11H2,1-2H3. The fraction of sp³-hybridized carbons (Fsp3) is 0.733. The summed E-state index contributed by atoms with van der Waals surface area (Å²) in [6.07, 6.45) is 3.21. The van der Waals surface area contributed by atoms with Crippen molar-refractivity contribution in [2.24, 2.45) is 5.92 Å². The van der Waals surface area contributed by atoms with E-state index in [1.807, 2.05) is 11.8 Å². The van der Waals surface area contributed by atoms with Gasteiger partial charge in [0.15, 0.2) is 0 Å². The third kappa shape index (κ3) is 4.78. The van der Waals surface area contributed by atoms with E-state index in [4.69, 9.17) is 0 Å². The predicted octanol–water partition coefficient (Wildman–Crippen LogP) is 4.02. The normalized spacial score (nSPS) is 19.7. The molecule has 0 radical (unpaired) electrons. The first kappa shape index (κ1) is 15.4. The molecule has 0 bridgehead atoms. The van der Waals surface area contributed by atoms with E-state index >= 15 is 0 Å². The second-order valence-electron chi connectivity index (χ2n) is 5.42. The highest BCUT2D eigenvalue weighted by Gasteiger charge is 2.17. The lowest BCUT2D eigenvalue weighted by atomic mass is 9.99. The number of hydrogen-bond acceptors (Lipinski definition) is 4. The SMILES string of the molecule is CCSc1ccc(C(O)CCN2CCC(C)CC2)s1. The number of piperidine rings is 1. The molecule has 0 spiro atoms. The summed E-state index contributed by atoms with van der Waals surface area (Å²) in [5, 5.41) is 10.3. The maximum atomic E-state index is 10.3. The molecule has 1 aliphatic rings. The topological polar surface area (TPSA) is 23.5 Å². The molecule has 0 amide bonds. The Morgan fingerprint density at radius 2 is 2.16 bits per heavy atom. The van der Waals surface area contributed by atoms with Gasteiger partial charge in [-0.2, -0.15) is 0 Å². The Labute approximate surface area is 125 Å². The van der Waals surface area contributed by atoms with E-state index in [0.717, 1.165) is 29.5 Å². The molecule has 1 aromatic rings. The van der Waals surface area contributed by atoms with Gasteiger partial charge in [0.2, 0.25) is 0 Å². The number of aliphatic hydroxyl groups is 1. The van der Waals surface area contributed by atoms with Gasteiger partial charge in [-0.05, 0) is 56.2 Å². The van der Waals surface area contributed by atoms with E-state index in [-0.39, 0.29) is 6.10 Å². The Hall–Kier alpha value is -0.0300. The van der Waals surface area contributed by atoms with Crippen LogP contribution in [0.4, 0.5) is 0 Å². The van der Waals surface area contributed by atoms with Crippen LogP contribution in [-0.4, -0.2) is 35.4 Å². The average molecular weight is 300 g/mol. The Morgan fingerprint density at radius 3 is 2.84 bits per heavy atom. The van der Waals surface area contributed by atoms with Crippen LogP contribution in [0.3, 0.4) is 0 Å². The molecule has 2 heterocycles. The van der Waals surface area contributed by atoms with Crippen molar-refractivity contribution in [3.8, 4) is 0 Å². The minimum absolute atomic E-state index is 0.282. The van der Waals surface area contributed by atoms with Crippen LogP contribution in [0.1, 0.15) is 44.1 Å². The monoisotopic (exact) mass is 299 g/mol. The third-order valence-corrected chi connectivity index (χ3v) is 6.11. The van der Waals surface area contributed by atoms with Gasteiger partial charge in [-0.3, -0.25) is 0 Å². The van der Waals surface area contributed by atoms with Crippen molar-refractivity contribution >= 4 is 23.1 Å². The van der Waals surface area contributed by atoms with Gasteiger partial charge in [0.05, 0.1) is 10.3 Å². The Morgan fingerprint density at radius 1 is 1.42 bits per heavy atom.